The van der Waals surface area contributed by atoms with Crippen molar-refractivity contribution in [1.82, 2.24) is 14.5 Å². The lowest BCUT2D eigenvalue weighted by molar-refractivity contribution is -0.148. The molecule has 0 bridgehead atoms. The van der Waals surface area contributed by atoms with Gasteiger partial charge in [0.15, 0.2) is 0 Å². The molecule has 1 atom stereocenters. The SMILES string of the molecule is O=C(O)CC1CCCN1C(=O)Cn1c(C(F)(F)F)nc2ccccc21. The molecule has 134 valence electrons. The molecule has 1 saturated heterocycles. The van der Waals surface area contributed by atoms with Gasteiger partial charge in [-0.1, -0.05) is 12.1 Å². The zero-order valence-corrected chi connectivity index (χ0v) is 13.2. The van der Waals surface area contributed by atoms with E-state index in [2.05, 4.69) is 4.98 Å². The first-order valence-electron chi connectivity index (χ1n) is 7.81. The van der Waals surface area contributed by atoms with E-state index < -0.39 is 36.5 Å². The highest BCUT2D eigenvalue weighted by Gasteiger charge is 2.39. The van der Waals surface area contributed by atoms with Gasteiger partial charge >= 0.3 is 12.1 Å². The highest BCUT2D eigenvalue weighted by atomic mass is 19.4. The highest BCUT2D eigenvalue weighted by molar-refractivity contribution is 5.82. The molecule has 25 heavy (non-hydrogen) atoms. The van der Waals surface area contributed by atoms with Crippen LogP contribution in [0.4, 0.5) is 13.2 Å². The summed E-state index contributed by atoms with van der Waals surface area (Å²) in [7, 11) is 0. The van der Waals surface area contributed by atoms with Crippen LogP contribution in [0.5, 0.6) is 0 Å². The molecule has 1 fully saturated rings. The lowest BCUT2D eigenvalue weighted by atomic mass is 10.1. The zero-order chi connectivity index (χ0) is 18.2. The first-order chi connectivity index (χ1) is 11.8. The number of hydrogen-bond donors (Lipinski definition) is 1. The molecular formula is C16H16F3N3O3. The molecule has 0 spiro atoms. The Morgan fingerprint density at radius 2 is 2.00 bits per heavy atom. The number of carboxylic acids is 1. The second-order valence-corrected chi connectivity index (χ2v) is 5.99. The topological polar surface area (TPSA) is 75.4 Å². The van der Waals surface area contributed by atoms with Gasteiger partial charge in [-0.25, -0.2) is 4.98 Å². The number of nitrogens with zero attached hydrogens (tertiary/aromatic N) is 3. The summed E-state index contributed by atoms with van der Waals surface area (Å²) in [6, 6.07) is 5.60. The summed E-state index contributed by atoms with van der Waals surface area (Å²) in [4.78, 5) is 28.4. The number of carbonyl (C=O) groups excluding carboxylic acids is 1. The van der Waals surface area contributed by atoms with Crippen molar-refractivity contribution in [2.24, 2.45) is 0 Å². The summed E-state index contributed by atoms with van der Waals surface area (Å²) in [5.41, 5.74) is 0.378. The van der Waals surface area contributed by atoms with Gasteiger partial charge in [0.25, 0.3) is 0 Å². The van der Waals surface area contributed by atoms with Crippen molar-refractivity contribution in [2.75, 3.05) is 6.54 Å². The maximum atomic E-state index is 13.3. The van der Waals surface area contributed by atoms with Crippen LogP contribution in [-0.2, 0) is 22.3 Å². The van der Waals surface area contributed by atoms with E-state index in [1.54, 1.807) is 12.1 Å². The van der Waals surface area contributed by atoms with Gasteiger partial charge in [-0.2, -0.15) is 13.2 Å². The van der Waals surface area contributed by atoms with Crippen LogP contribution in [0.1, 0.15) is 25.1 Å². The van der Waals surface area contributed by atoms with E-state index in [0.29, 0.717) is 19.4 Å². The fourth-order valence-corrected chi connectivity index (χ4v) is 3.26. The van der Waals surface area contributed by atoms with E-state index in [1.807, 2.05) is 0 Å². The lowest BCUT2D eigenvalue weighted by Crippen LogP contribution is -2.39. The molecule has 2 heterocycles. The number of likely N-dealkylation sites (tertiary alicyclic amines) is 1. The third-order valence-electron chi connectivity index (χ3n) is 4.31. The number of imidazole rings is 1. The molecular weight excluding hydrogens is 339 g/mol. The second kappa shape index (κ2) is 6.38. The number of aliphatic carboxylic acids is 1. The maximum absolute atomic E-state index is 13.3. The van der Waals surface area contributed by atoms with Crippen molar-refractivity contribution in [3.8, 4) is 0 Å². The number of hydrogen-bond acceptors (Lipinski definition) is 3. The predicted octanol–water partition coefficient (Wildman–Crippen LogP) is 2.52. The van der Waals surface area contributed by atoms with Crippen molar-refractivity contribution >= 4 is 22.9 Å². The van der Waals surface area contributed by atoms with Crippen molar-refractivity contribution in [3.63, 3.8) is 0 Å². The van der Waals surface area contributed by atoms with Crippen LogP contribution in [0.2, 0.25) is 0 Å². The Labute approximate surface area is 140 Å². The number of fused-ring (bicyclic) bond motifs is 1. The van der Waals surface area contributed by atoms with Crippen LogP contribution in [0.15, 0.2) is 24.3 Å². The number of halogens is 3. The van der Waals surface area contributed by atoms with Gasteiger partial charge in [0, 0.05) is 12.6 Å². The van der Waals surface area contributed by atoms with Crippen LogP contribution in [0.3, 0.4) is 0 Å². The molecule has 0 radical (unpaired) electrons. The molecule has 2 aromatic rings. The zero-order valence-electron chi connectivity index (χ0n) is 13.2. The molecule has 1 aromatic heterocycles. The first kappa shape index (κ1) is 17.2. The van der Waals surface area contributed by atoms with E-state index in [-0.39, 0.29) is 17.5 Å². The van der Waals surface area contributed by atoms with Gasteiger partial charge in [0.2, 0.25) is 11.7 Å². The third-order valence-corrected chi connectivity index (χ3v) is 4.31. The number of carboxylic acid groups (broad SMARTS) is 1. The average Bonchev–Trinajstić information content (AvgIpc) is 3.11. The van der Waals surface area contributed by atoms with Crippen molar-refractivity contribution in [1.29, 1.82) is 0 Å². The maximum Gasteiger partial charge on any atom is 0.449 e. The van der Waals surface area contributed by atoms with E-state index in [1.165, 1.54) is 17.0 Å². The van der Waals surface area contributed by atoms with Gasteiger partial charge in [-0.15, -0.1) is 0 Å². The molecule has 1 unspecified atom stereocenters. The summed E-state index contributed by atoms with van der Waals surface area (Å²) in [5, 5.41) is 8.92. The van der Waals surface area contributed by atoms with Crippen LogP contribution in [0, 0.1) is 0 Å². The number of amides is 1. The van der Waals surface area contributed by atoms with Crippen molar-refractivity contribution < 1.29 is 27.9 Å². The Morgan fingerprint density at radius 1 is 1.28 bits per heavy atom. The van der Waals surface area contributed by atoms with Crippen LogP contribution >= 0.6 is 0 Å². The predicted molar refractivity (Wildman–Crippen MR) is 81.7 cm³/mol. The number of carbonyl (C=O) groups is 2. The fraction of sp³-hybridized carbons (Fsp3) is 0.438. The Bertz CT molecular complexity index is 816. The summed E-state index contributed by atoms with van der Waals surface area (Å²) < 4.78 is 40.7. The van der Waals surface area contributed by atoms with E-state index in [4.69, 9.17) is 5.11 Å². The van der Waals surface area contributed by atoms with Crippen LogP contribution < -0.4 is 0 Å². The molecule has 3 rings (SSSR count). The Morgan fingerprint density at radius 3 is 2.68 bits per heavy atom. The summed E-state index contributed by atoms with van der Waals surface area (Å²) in [6.07, 6.45) is -3.72. The van der Waals surface area contributed by atoms with E-state index >= 15 is 0 Å². The molecule has 1 aliphatic rings. The molecule has 1 aliphatic heterocycles. The normalized spacial score (nSPS) is 18.0. The molecule has 1 aromatic carbocycles. The molecule has 0 saturated carbocycles. The first-order valence-corrected chi connectivity index (χ1v) is 7.81. The highest BCUT2D eigenvalue weighted by Crippen LogP contribution is 2.32. The molecule has 0 aliphatic carbocycles. The minimum atomic E-state index is -4.69. The largest absolute Gasteiger partial charge is 0.481 e. The quantitative estimate of drug-likeness (QED) is 0.914. The van der Waals surface area contributed by atoms with Crippen molar-refractivity contribution in [3.05, 3.63) is 30.1 Å². The number of para-hydroxylation sites is 2. The smallest absolute Gasteiger partial charge is 0.449 e. The van der Waals surface area contributed by atoms with Gasteiger partial charge in [-0.05, 0) is 25.0 Å². The Hall–Kier alpha value is -2.58. The average molecular weight is 355 g/mol. The molecule has 1 N–H and O–H groups in total. The number of benzene rings is 1. The van der Waals surface area contributed by atoms with Gasteiger partial charge < -0.3 is 14.6 Å². The van der Waals surface area contributed by atoms with E-state index in [9.17, 15) is 22.8 Å². The number of aromatic nitrogens is 2. The fourth-order valence-electron chi connectivity index (χ4n) is 3.26. The standard InChI is InChI=1S/C16H16F3N3O3/c17-16(18,19)15-20-11-5-1-2-6-12(11)22(15)9-13(23)21-7-3-4-10(21)8-14(24)25/h1-2,5-6,10H,3-4,7-9H2,(H,24,25). The van der Waals surface area contributed by atoms with Crippen LogP contribution in [0.25, 0.3) is 11.0 Å². The number of alkyl halides is 3. The summed E-state index contributed by atoms with van der Waals surface area (Å²) >= 11 is 0. The van der Waals surface area contributed by atoms with E-state index in [0.717, 1.165) is 4.57 Å². The minimum Gasteiger partial charge on any atom is -0.481 e. The molecule has 9 heteroatoms. The minimum absolute atomic E-state index is 0.158. The summed E-state index contributed by atoms with van der Waals surface area (Å²) in [6.45, 7) is -0.170. The Balaban J connectivity index is 1.92. The van der Waals surface area contributed by atoms with Crippen molar-refractivity contribution in [2.45, 2.75) is 38.0 Å². The van der Waals surface area contributed by atoms with Gasteiger partial charge in [0.05, 0.1) is 17.5 Å². The lowest BCUT2D eigenvalue weighted by Gasteiger charge is -2.24. The third kappa shape index (κ3) is 3.45. The number of rotatable bonds is 4. The van der Waals surface area contributed by atoms with Crippen LogP contribution in [-0.4, -0.2) is 44.0 Å². The Kier molecular flexibility index (Phi) is 4.40. The molecule has 6 nitrogen and oxygen atoms in total. The van der Waals surface area contributed by atoms with Gasteiger partial charge in [-0.3, -0.25) is 9.59 Å². The molecule has 1 amide bonds. The van der Waals surface area contributed by atoms with Gasteiger partial charge in [0.1, 0.15) is 6.54 Å². The second-order valence-electron chi connectivity index (χ2n) is 5.99. The monoisotopic (exact) mass is 355 g/mol. The summed E-state index contributed by atoms with van der Waals surface area (Å²) in [5.74, 6) is -2.69.